The number of Topliss-reactive ketones (excluding diaryl/α,β-unsaturated/α-hetero) is 1. The van der Waals surface area contributed by atoms with Crippen molar-refractivity contribution in [3.63, 3.8) is 0 Å². The second kappa shape index (κ2) is 5.64. The van der Waals surface area contributed by atoms with Gasteiger partial charge in [-0.15, -0.1) is 0 Å². The van der Waals surface area contributed by atoms with Gasteiger partial charge >= 0.3 is 0 Å². The van der Waals surface area contributed by atoms with Gasteiger partial charge in [0.15, 0.2) is 5.78 Å². The minimum Gasteiger partial charge on any atom is -0.382 e. The fourth-order valence-corrected chi connectivity index (χ4v) is 2.52. The molecular weight excluding hydrogens is 188 g/mol. The van der Waals surface area contributed by atoms with Gasteiger partial charge in [-0.3, -0.25) is 4.79 Å². The molecule has 0 bridgehead atoms. The molecule has 2 heteroatoms. The molecule has 15 heavy (non-hydrogen) atoms. The number of hydrogen-bond acceptors (Lipinski definition) is 2. The second-order valence-corrected chi connectivity index (χ2v) is 5.11. The smallest absolute Gasteiger partial charge is 0.164 e. The van der Waals surface area contributed by atoms with E-state index >= 15 is 0 Å². The van der Waals surface area contributed by atoms with Crippen molar-refractivity contribution < 1.29 is 9.90 Å². The van der Waals surface area contributed by atoms with Crippen LogP contribution < -0.4 is 0 Å². The topological polar surface area (TPSA) is 37.3 Å². The summed E-state index contributed by atoms with van der Waals surface area (Å²) in [5.41, 5.74) is -0.972. The van der Waals surface area contributed by atoms with Crippen LogP contribution in [0.4, 0.5) is 0 Å². The molecule has 1 aliphatic carbocycles. The zero-order valence-electron chi connectivity index (χ0n) is 10.1. The fraction of sp³-hybridized carbons (Fsp3) is 0.923. The van der Waals surface area contributed by atoms with Gasteiger partial charge in [0, 0.05) is 6.42 Å². The standard InChI is InChI=1S/C13H24O2/c1-3-7-11(2)10-12(14)13(15)8-5-4-6-9-13/h11,15H,3-10H2,1-2H3. The van der Waals surface area contributed by atoms with Crippen LogP contribution in [0.5, 0.6) is 0 Å². The summed E-state index contributed by atoms with van der Waals surface area (Å²) in [5, 5.41) is 10.2. The van der Waals surface area contributed by atoms with Gasteiger partial charge in [-0.05, 0) is 18.8 Å². The van der Waals surface area contributed by atoms with Crippen LogP contribution in [-0.4, -0.2) is 16.5 Å². The number of ketones is 1. The van der Waals surface area contributed by atoms with Crippen LogP contribution in [0.2, 0.25) is 0 Å². The summed E-state index contributed by atoms with van der Waals surface area (Å²) < 4.78 is 0. The number of aliphatic hydroxyl groups is 1. The Bertz CT molecular complexity index is 205. The molecule has 0 heterocycles. The van der Waals surface area contributed by atoms with Gasteiger partial charge in [0.05, 0.1) is 0 Å². The van der Waals surface area contributed by atoms with Gasteiger partial charge < -0.3 is 5.11 Å². The Morgan fingerprint density at radius 1 is 1.33 bits per heavy atom. The Hall–Kier alpha value is -0.370. The van der Waals surface area contributed by atoms with E-state index in [9.17, 15) is 9.90 Å². The molecule has 0 aliphatic heterocycles. The second-order valence-electron chi connectivity index (χ2n) is 5.11. The summed E-state index contributed by atoms with van der Waals surface area (Å²) in [4.78, 5) is 12.0. The van der Waals surface area contributed by atoms with Crippen LogP contribution >= 0.6 is 0 Å². The first kappa shape index (κ1) is 12.7. The molecule has 1 N–H and O–H groups in total. The van der Waals surface area contributed by atoms with E-state index in [1.807, 2.05) is 0 Å². The number of carbonyl (C=O) groups is 1. The minimum absolute atomic E-state index is 0.0863. The third-order valence-corrected chi connectivity index (χ3v) is 3.52. The molecule has 88 valence electrons. The third-order valence-electron chi connectivity index (χ3n) is 3.52. The van der Waals surface area contributed by atoms with Crippen molar-refractivity contribution in [3.05, 3.63) is 0 Å². The first-order valence-electron chi connectivity index (χ1n) is 6.34. The van der Waals surface area contributed by atoms with Crippen molar-refractivity contribution in [1.82, 2.24) is 0 Å². The molecule has 0 saturated heterocycles. The average Bonchev–Trinajstić information content (AvgIpc) is 2.19. The van der Waals surface area contributed by atoms with Crippen molar-refractivity contribution in [1.29, 1.82) is 0 Å². The van der Waals surface area contributed by atoms with E-state index < -0.39 is 5.60 Å². The van der Waals surface area contributed by atoms with E-state index in [0.29, 0.717) is 25.2 Å². The van der Waals surface area contributed by atoms with Gasteiger partial charge in [-0.1, -0.05) is 46.0 Å². The summed E-state index contributed by atoms with van der Waals surface area (Å²) in [6.07, 6.45) is 7.31. The van der Waals surface area contributed by atoms with Crippen LogP contribution in [0.3, 0.4) is 0 Å². The Labute approximate surface area is 93.1 Å². The van der Waals surface area contributed by atoms with Gasteiger partial charge in [0.1, 0.15) is 5.60 Å². The number of hydrogen-bond donors (Lipinski definition) is 1. The molecule has 0 radical (unpaired) electrons. The Kier molecular flexibility index (Phi) is 4.78. The quantitative estimate of drug-likeness (QED) is 0.760. The van der Waals surface area contributed by atoms with Gasteiger partial charge in [0.2, 0.25) is 0 Å². The molecule has 1 fully saturated rings. The molecule has 0 amide bonds. The molecule has 1 rings (SSSR count). The largest absolute Gasteiger partial charge is 0.382 e. The van der Waals surface area contributed by atoms with Crippen LogP contribution in [0.15, 0.2) is 0 Å². The third kappa shape index (κ3) is 3.60. The maximum absolute atomic E-state index is 12.0. The van der Waals surface area contributed by atoms with Gasteiger partial charge in [-0.2, -0.15) is 0 Å². The minimum atomic E-state index is -0.972. The van der Waals surface area contributed by atoms with E-state index in [1.54, 1.807) is 0 Å². The summed E-state index contributed by atoms with van der Waals surface area (Å²) in [5.74, 6) is 0.511. The van der Waals surface area contributed by atoms with Crippen molar-refractivity contribution in [2.75, 3.05) is 0 Å². The molecule has 1 unspecified atom stereocenters. The van der Waals surface area contributed by atoms with Crippen molar-refractivity contribution in [3.8, 4) is 0 Å². The molecular formula is C13H24O2. The highest BCUT2D eigenvalue weighted by molar-refractivity contribution is 5.87. The molecule has 2 nitrogen and oxygen atoms in total. The molecule has 1 saturated carbocycles. The van der Waals surface area contributed by atoms with Crippen LogP contribution in [0.25, 0.3) is 0 Å². The first-order valence-corrected chi connectivity index (χ1v) is 6.34. The van der Waals surface area contributed by atoms with Crippen LogP contribution in [0, 0.1) is 5.92 Å². The summed E-state index contributed by atoms with van der Waals surface area (Å²) in [7, 11) is 0. The molecule has 1 aliphatic rings. The first-order chi connectivity index (χ1) is 7.08. The van der Waals surface area contributed by atoms with E-state index in [0.717, 1.165) is 25.7 Å². The van der Waals surface area contributed by atoms with Crippen LogP contribution in [-0.2, 0) is 4.79 Å². The van der Waals surface area contributed by atoms with Crippen LogP contribution in [0.1, 0.15) is 65.2 Å². The van der Waals surface area contributed by atoms with Crippen molar-refractivity contribution in [2.45, 2.75) is 70.8 Å². The van der Waals surface area contributed by atoms with E-state index in [2.05, 4.69) is 13.8 Å². The summed E-state index contributed by atoms with van der Waals surface area (Å²) in [6, 6.07) is 0. The highest BCUT2D eigenvalue weighted by Crippen LogP contribution is 2.31. The van der Waals surface area contributed by atoms with Gasteiger partial charge in [0.25, 0.3) is 0 Å². The van der Waals surface area contributed by atoms with E-state index in [1.165, 1.54) is 6.42 Å². The predicted molar refractivity (Wildman–Crippen MR) is 61.7 cm³/mol. The number of rotatable bonds is 5. The Morgan fingerprint density at radius 2 is 1.93 bits per heavy atom. The molecule has 0 aromatic carbocycles. The molecule has 0 aromatic rings. The van der Waals surface area contributed by atoms with E-state index in [4.69, 9.17) is 0 Å². The SMILES string of the molecule is CCCC(C)CC(=O)C1(O)CCCCC1. The van der Waals surface area contributed by atoms with E-state index in [-0.39, 0.29) is 5.78 Å². The maximum atomic E-state index is 12.0. The highest BCUT2D eigenvalue weighted by atomic mass is 16.3. The highest BCUT2D eigenvalue weighted by Gasteiger charge is 2.36. The monoisotopic (exact) mass is 212 g/mol. The lowest BCUT2D eigenvalue weighted by molar-refractivity contribution is -0.141. The normalized spacial score (nSPS) is 22.3. The lowest BCUT2D eigenvalue weighted by Crippen LogP contribution is -2.41. The Morgan fingerprint density at radius 3 is 2.47 bits per heavy atom. The van der Waals surface area contributed by atoms with Crippen molar-refractivity contribution in [2.24, 2.45) is 5.92 Å². The molecule has 0 spiro atoms. The maximum Gasteiger partial charge on any atom is 0.164 e. The number of carbonyl (C=O) groups excluding carboxylic acids is 1. The average molecular weight is 212 g/mol. The molecule has 0 aromatic heterocycles. The lowest BCUT2D eigenvalue weighted by Gasteiger charge is -2.31. The zero-order chi connectivity index (χ0) is 11.3. The predicted octanol–water partition coefficient (Wildman–Crippen LogP) is 3.08. The summed E-state index contributed by atoms with van der Waals surface area (Å²) in [6.45, 7) is 4.24. The van der Waals surface area contributed by atoms with Gasteiger partial charge in [-0.25, -0.2) is 0 Å². The van der Waals surface area contributed by atoms with Crippen molar-refractivity contribution >= 4 is 5.78 Å². The lowest BCUT2D eigenvalue weighted by atomic mass is 9.79. The fourth-order valence-electron chi connectivity index (χ4n) is 2.52. The summed E-state index contributed by atoms with van der Waals surface area (Å²) >= 11 is 0. The zero-order valence-corrected chi connectivity index (χ0v) is 10.1. The molecule has 1 atom stereocenters. The Balaban J connectivity index is 2.44.